The molecule has 0 aromatic heterocycles. The Hall–Kier alpha value is -2.86. The molecule has 29 heavy (non-hydrogen) atoms. The summed E-state index contributed by atoms with van der Waals surface area (Å²) in [5.74, 6) is 0.882. The first-order valence-electron chi connectivity index (χ1n) is 9.90. The number of nitrogens with zero attached hydrogens (tertiary/aromatic N) is 2. The molecule has 1 saturated heterocycles. The number of hydrogen-bond donors (Lipinski definition) is 0. The van der Waals surface area contributed by atoms with Gasteiger partial charge in [-0.2, -0.15) is 0 Å². The van der Waals surface area contributed by atoms with Gasteiger partial charge in [0.1, 0.15) is 5.75 Å². The van der Waals surface area contributed by atoms with Crippen molar-refractivity contribution in [3.63, 3.8) is 0 Å². The first-order chi connectivity index (χ1) is 14.1. The largest absolute Gasteiger partial charge is 0.494 e. The van der Waals surface area contributed by atoms with E-state index in [2.05, 4.69) is 11.0 Å². The third-order valence-corrected chi connectivity index (χ3v) is 5.44. The number of rotatable bonds is 5. The Balaban J connectivity index is 1.29. The van der Waals surface area contributed by atoms with Gasteiger partial charge in [-0.1, -0.05) is 12.1 Å². The van der Waals surface area contributed by atoms with Crippen molar-refractivity contribution in [1.29, 1.82) is 0 Å². The molecule has 4 rings (SSSR count). The van der Waals surface area contributed by atoms with E-state index in [0.29, 0.717) is 19.6 Å². The summed E-state index contributed by atoms with van der Waals surface area (Å²) in [6, 6.07) is 11.1. The molecule has 2 aliphatic rings. The molecule has 1 amide bonds. The van der Waals surface area contributed by atoms with E-state index in [1.54, 1.807) is 12.1 Å². The molecule has 0 aliphatic carbocycles. The Morgan fingerprint density at radius 1 is 1.17 bits per heavy atom. The monoisotopic (exact) mass is 396 g/mol. The molecule has 0 radical (unpaired) electrons. The standard InChI is InChI=1S/C23H25FN2O3/c1-28-22-6-3-18(15-20(22)24)16-25-9-11-26(12-10-25)23(27)7-4-17-2-5-21-19(14-17)8-13-29-21/h2-7,14-15H,8-13,16H2,1H3/b7-4+. The predicted molar refractivity (Wildman–Crippen MR) is 109 cm³/mol. The zero-order valence-electron chi connectivity index (χ0n) is 16.6. The second-order valence-electron chi connectivity index (χ2n) is 7.37. The molecular weight excluding hydrogens is 371 g/mol. The number of amides is 1. The number of carbonyl (C=O) groups is 1. The van der Waals surface area contributed by atoms with Gasteiger partial charge in [0.05, 0.1) is 13.7 Å². The van der Waals surface area contributed by atoms with Gasteiger partial charge in [-0.05, 0) is 47.0 Å². The average Bonchev–Trinajstić information content (AvgIpc) is 3.20. The molecule has 0 unspecified atom stereocenters. The normalized spacial score (nSPS) is 16.7. The van der Waals surface area contributed by atoms with Crippen LogP contribution in [-0.4, -0.2) is 55.6 Å². The SMILES string of the molecule is COc1ccc(CN2CCN(C(=O)/C=C/c3ccc4c(c3)CCO4)CC2)cc1F. The minimum atomic E-state index is -0.345. The maximum absolute atomic E-state index is 13.9. The third-order valence-electron chi connectivity index (χ3n) is 5.44. The quantitative estimate of drug-likeness (QED) is 0.729. The fourth-order valence-electron chi connectivity index (χ4n) is 3.78. The molecule has 0 saturated carbocycles. The van der Waals surface area contributed by atoms with E-state index in [9.17, 15) is 9.18 Å². The van der Waals surface area contributed by atoms with Crippen molar-refractivity contribution in [3.8, 4) is 11.5 Å². The maximum Gasteiger partial charge on any atom is 0.246 e. The van der Waals surface area contributed by atoms with Crippen LogP contribution in [0.15, 0.2) is 42.5 Å². The number of fused-ring (bicyclic) bond motifs is 1. The maximum atomic E-state index is 13.9. The Morgan fingerprint density at radius 3 is 2.76 bits per heavy atom. The minimum Gasteiger partial charge on any atom is -0.494 e. The molecule has 2 heterocycles. The highest BCUT2D eigenvalue weighted by molar-refractivity contribution is 5.91. The molecule has 6 heteroatoms. The van der Waals surface area contributed by atoms with E-state index < -0.39 is 0 Å². The van der Waals surface area contributed by atoms with Crippen LogP contribution in [0, 0.1) is 5.82 Å². The van der Waals surface area contributed by atoms with Gasteiger partial charge in [0.15, 0.2) is 11.6 Å². The van der Waals surface area contributed by atoms with Crippen LogP contribution in [0.1, 0.15) is 16.7 Å². The molecule has 2 aromatic carbocycles. The van der Waals surface area contributed by atoms with Crippen LogP contribution in [0.25, 0.3) is 6.08 Å². The molecule has 0 atom stereocenters. The fourth-order valence-corrected chi connectivity index (χ4v) is 3.78. The lowest BCUT2D eigenvalue weighted by Gasteiger charge is -2.34. The zero-order chi connectivity index (χ0) is 20.2. The molecule has 5 nitrogen and oxygen atoms in total. The Bertz CT molecular complexity index is 920. The second-order valence-corrected chi connectivity index (χ2v) is 7.37. The van der Waals surface area contributed by atoms with Crippen LogP contribution < -0.4 is 9.47 Å². The molecule has 1 fully saturated rings. The van der Waals surface area contributed by atoms with Crippen molar-refractivity contribution in [2.45, 2.75) is 13.0 Å². The first kappa shape index (κ1) is 19.5. The number of ether oxygens (including phenoxy) is 2. The van der Waals surface area contributed by atoms with E-state index in [1.807, 2.05) is 29.2 Å². The summed E-state index contributed by atoms with van der Waals surface area (Å²) in [6.45, 7) is 4.26. The van der Waals surface area contributed by atoms with Gasteiger partial charge in [-0.25, -0.2) is 4.39 Å². The van der Waals surface area contributed by atoms with Crippen molar-refractivity contribution >= 4 is 12.0 Å². The Labute approximate surface area is 170 Å². The van der Waals surface area contributed by atoms with Crippen LogP contribution in [0.2, 0.25) is 0 Å². The summed E-state index contributed by atoms with van der Waals surface area (Å²) < 4.78 is 24.3. The van der Waals surface area contributed by atoms with Gasteiger partial charge in [0.2, 0.25) is 5.91 Å². The van der Waals surface area contributed by atoms with Crippen LogP contribution in [0.4, 0.5) is 4.39 Å². The van der Waals surface area contributed by atoms with Crippen molar-refractivity contribution in [3.05, 3.63) is 65.0 Å². The van der Waals surface area contributed by atoms with Gasteiger partial charge in [0.25, 0.3) is 0 Å². The Morgan fingerprint density at radius 2 is 2.00 bits per heavy atom. The number of hydrogen-bond acceptors (Lipinski definition) is 4. The third kappa shape index (κ3) is 4.59. The van der Waals surface area contributed by atoms with Gasteiger partial charge in [-0.3, -0.25) is 9.69 Å². The summed E-state index contributed by atoms with van der Waals surface area (Å²) in [4.78, 5) is 16.6. The van der Waals surface area contributed by atoms with Gasteiger partial charge < -0.3 is 14.4 Å². The first-order valence-corrected chi connectivity index (χ1v) is 9.90. The van der Waals surface area contributed by atoms with Gasteiger partial charge >= 0.3 is 0 Å². The topological polar surface area (TPSA) is 42.0 Å². The number of carbonyl (C=O) groups excluding carboxylic acids is 1. The van der Waals surface area contributed by atoms with E-state index >= 15 is 0 Å². The fraction of sp³-hybridized carbons (Fsp3) is 0.348. The van der Waals surface area contributed by atoms with Gasteiger partial charge in [0, 0.05) is 45.2 Å². The van der Waals surface area contributed by atoms with Gasteiger partial charge in [-0.15, -0.1) is 0 Å². The lowest BCUT2D eigenvalue weighted by molar-refractivity contribution is -0.127. The summed E-state index contributed by atoms with van der Waals surface area (Å²) in [5, 5.41) is 0. The Kier molecular flexibility index (Phi) is 5.81. The van der Waals surface area contributed by atoms with E-state index in [4.69, 9.17) is 9.47 Å². The summed E-state index contributed by atoms with van der Waals surface area (Å²) in [5.41, 5.74) is 3.12. The predicted octanol–water partition coefficient (Wildman–Crippen LogP) is 3.13. The van der Waals surface area contributed by atoms with Crippen molar-refractivity contribution in [2.75, 3.05) is 39.9 Å². The minimum absolute atomic E-state index is 0.0249. The molecular formula is C23H25FN2O3. The van der Waals surface area contributed by atoms with E-state index in [1.165, 1.54) is 18.7 Å². The summed E-state index contributed by atoms with van der Waals surface area (Å²) in [7, 11) is 1.46. The summed E-state index contributed by atoms with van der Waals surface area (Å²) in [6.07, 6.45) is 4.44. The highest BCUT2D eigenvalue weighted by Gasteiger charge is 2.20. The number of methoxy groups -OCH3 is 1. The lowest BCUT2D eigenvalue weighted by Crippen LogP contribution is -2.47. The highest BCUT2D eigenvalue weighted by atomic mass is 19.1. The van der Waals surface area contributed by atoms with E-state index in [0.717, 1.165) is 43.0 Å². The average molecular weight is 396 g/mol. The van der Waals surface area contributed by atoms with Crippen LogP contribution in [0.5, 0.6) is 11.5 Å². The summed E-state index contributed by atoms with van der Waals surface area (Å²) >= 11 is 0. The smallest absolute Gasteiger partial charge is 0.246 e. The molecule has 152 valence electrons. The number of piperazine rings is 1. The lowest BCUT2D eigenvalue weighted by atomic mass is 10.1. The van der Waals surface area contributed by atoms with Crippen LogP contribution in [0.3, 0.4) is 0 Å². The van der Waals surface area contributed by atoms with Crippen molar-refractivity contribution in [1.82, 2.24) is 9.80 Å². The van der Waals surface area contributed by atoms with E-state index in [-0.39, 0.29) is 17.5 Å². The molecule has 0 N–H and O–H groups in total. The molecule has 0 spiro atoms. The van der Waals surface area contributed by atoms with Crippen molar-refractivity contribution < 1.29 is 18.7 Å². The zero-order valence-corrected chi connectivity index (χ0v) is 16.6. The van der Waals surface area contributed by atoms with Crippen LogP contribution in [-0.2, 0) is 17.8 Å². The highest BCUT2D eigenvalue weighted by Crippen LogP contribution is 2.26. The molecule has 2 aromatic rings. The van der Waals surface area contributed by atoms with Crippen molar-refractivity contribution in [2.24, 2.45) is 0 Å². The van der Waals surface area contributed by atoms with Crippen LogP contribution >= 0.6 is 0 Å². The molecule has 2 aliphatic heterocycles. The molecule has 0 bridgehead atoms. The number of benzene rings is 2. The number of halogens is 1. The second kappa shape index (κ2) is 8.66.